The number of nitrogens with one attached hydrogen (secondary N) is 1. The van der Waals surface area contributed by atoms with E-state index in [2.05, 4.69) is 41.1 Å². The van der Waals surface area contributed by atoms with Crippen molar-refractivity contribution in [1.29, 1.82) is 0 Å². The molecule has 2 aliphatic heterocycles. The van der Waals surface area contributed by atoms with E-state index < -0.39 is 0 Å². The van der Waals surface area contributed by atoms with E-state index in [1.54, 1.807) is 0 Å². The third kappa shape index (κ3) is 3.03. The quantitative estimate of drug-likeness (QED) is 0.884. The molecular formula is C16H27N5O. The summed E-state index contributed by atoms with van der Waals surface area (Å²) >= 11 is 0. The lowest BCUT2D eigenvalue weighted by Gasteiger charge is -2.25. The average molecular weight is 305 g/mol. The van der Waals surface area contributed by atoms with Crippen LogP contribution in [-0.4, -0.2) is 77.6 Å². The molecule has 1 N–H and O–H groups in total. The molecule has 22 heavy (non-hydrogen) atoms. The molecule has 1 aromatic heterocycles. The van der Waals surface area contributed by atoms with Crippen LogP contribution in [0.3, 0.4) is 0 Å². The normalized spacial score (nSPS) is 23.5. The number of likely N-dealkylation sites (N-methyl/N-ethyl adjacent to an activating group) is 1. The van der Waals surface area contributed by atoms with Crippen LogP contribution in [0.5, 0.6) is 0 Å². The number of H-pyrrole nitrogens is 1. The Morgan fingerprint density at radius 2 is 2.09 bits per heavy atom. The van der Waals surface area contributed by atoms with Gasteiger partial charge in [-0.2, -0.15) is 5.10 Å². The minimum Gasteiger partial charge on any atom is -0.337 e. The maximum absolute atomic E-state index is 12.9. The Hall–Kier alpha value is -1.40. The van der Waals surface area contributed by atoms with Gasteiger partial charge in [0.25, 0.3) is 5.91 Å². The number of carbonyl (C=O) groups is 1. The van der Waals surface area contributed by atoms with Crippen LogP contribution in [0.2, 0.25) is 0 Å². The summed E-state index contributed by atoms with van der Waals surface area (Å²) in [5, 5.41) is 7.42. The lowest BCUT2D eigenvalue weighted by atomic mass is 10.1. The van der Waals surface area contributed by atoms with Gasteiger partial charge in [0.2, 0.25) is 0 Å². The van der Waals surface area contributed by atoms with Crippen LogP contribution in [0, 0.1) is 0 Å². The van der Waals surface area contributed by atoms with Crippen molar-refractivity contribution < 1.29 is 4.79 Å². The van der Waals surface area contributed by atoms with E-state index in [9.17, 15) is 4.79 Å². The molecule has 0 radical (unpaired) electrons. The number of carbonyl (C=O) groups excluding carboxylic acids is 1. The van der Waals surface area contributed by atoms with Crippen molar-refractivity contribution in [2.45, 2.75) is 38.3 Å². The largest absolute Gasteiger partial charge is 0.337 e. The molecule has 1 atom stereocenters. The summed E-state index contributed by atoms with van der Waals surface area (Å²) in [5.74, 6) is 0.104. The van der Waals surface area contributed by atoms with Gasteiger partial charge in [-0.3, -0.25) is 9.89 Å². The number of aromatic nitrogens is 2. The van der Waals surface area contributed by atoms with Crippen LogP contribution in [0.15, 0.2) is 0 Å². The predicted octanol–water partition coefficient (Wildman–Crippen LogP) is 0.954. The molecule has 6 heteroatoms. The third-order valence-corrected chi connectivity index (χ3v) is 5.04. The SMILES string of the molecule is CN1CCc2[nH]nc(C(=O)N3CCC[C@@H](N(C)C)CC3)c2C1. The second-order valence-corrected chi connectivity index (χ2v) is 6.86. The van der Waals surface area contributed by atoms with Gasteiger partial charge in [0.15, 0.2) is 5.69 Å². The number of aromatic amines is 1. The summed E-state index contributed by atoms with van der Waals surface area (Å²) in [6, 6.07) is 0.581. The van der Waals surface area contributed by atoms with Gasteiger partial charge in [-0.25, -0.2) is 0 Å². The fourth-order valence-corrected chi connectivity index (χ4v) is 3.55. The topological polar surface area (TPSA) is 55.5 Å². The second kappa shape index (κ2) is 6.38. The van der Waals surface area contributed by atoms with E-state index in [0.29, 0.717) is 11.7 Å². The summed E-state index contributed by atoms with van der Waals surface area (Å²) in [6.45, 7) is 3.53. The Balaban J connectivity index is 1.73. The van der Waals surface area contributed by atoms with Crippen LogP contribution in [0.1, 0.15) is 41.0 Å². The van der Waals surface area contributed by atoms with Crippen LogP contribution in [0.4, 0.5) is 0 Å². The maximum Gasteiger partial charge on any atom is 0.274 e. The Kier molecular flexibility index (Phi) is 4.49. The first kappa shape index (κ1) is 15.5. The Morgan fingerprint density at radius 3 is 2.86 bits per heavy atom. The first-order valence-corrected chi connectivity index (χ1v) is 8.26. The molecular weight excluding hydrogens is 278 g/mol. The zero-order chi connectivity index (χ0) is 15.7. The van der Waals surface area contributed by atoms with Gasteiger partial charge in [0.05, 0.1) is 0 Å². The highest BCUT2D eigenvalue weighted by Crippen LogP contribution is 2.22. The Labute approximate surface area is 132 Å². The van der Waals surface area contributed by atoms with Crippen molar-refractivity contribution in [2.75, 3.05) is 40.8 Å². The van der Waals surface area contributed by atoms with Gasteiger partial charge >= 0.3 is 0 Å². The maximum atomic E-state index is 12.9. The van der Waals surface area contributed by atoms with Crippen molar-refractivity contribution in [3.63, 3.8) is 0 Å². The summed E-state index contributed by atoms with van der Waals surface area (Å²) < 4.78 is 0. The number of nitrogens with zero attached hydrogens (tertiary/aromatic N) is 4. The van der Waals surface area contributed by atoms with E-state index in [4.69, 9.17) is 0 Å². The highest BCUT2D eigenvalue weighted by Gasteiger charge is 2.28. The molecule has 1 fully saturated rings. The zero-order valence-electron chi connectivity index (χ0n) is 13.9. The monoisotopic (exact) mass is 305 g/mol. The van der Waals surface area contributed by atoms with Gasteiger partial charge in [-0.1, -0.05) is 0 Å². The molecule has 2 aliphatic rings. The number of hydrogen-bond donors (Lipinski definition) is 1. The first-order valence-electron chi connectivity index (χ1n) is 8.26. The smallest absolute Gasteiger partial charge is 0.274 e. The van der Waals surface area contributed by atoms with Crippen LogP contribution in [-0.2, 0) is 13.0 Å². The highest BCUT2D eigenvalue weighted by molar-refractivity contribution is 5.94. The van der Waals surface area contributed by atoms with E-state index in [1.165, 1.54) is 0 Å². The van der Waals surface area contributed by atoms with E-state index >= 15 is 0 Å². The van der Waals surface area contributed by atoms with E-state index in [1.807, 2.05) is 4.90 Å². The molecule has 0 unspecified atom stereocenters. The summed E-state index contributed by atoms with van der Waals surface area (Å²) in [7, 11) is 6.35. The number of hydrogen-bond acceptors (Lipinski definition) is 4. The van der Waals surface area contributed by atoms with Gasteiger partial charge in [0, 0.05) is 49.9 Å². The molecule has 6 nitrogen and oxygen atoms in total. The zero-order valence-corrected chi connectivity index (χ0v) is 13.9. The molecule has 3 rings (SSSR count). The predicted molar refractivity (Wildman–Crippen MR) is 85.9 cm³/mol. The van der Waals surface area contributed by atoms with Crippen molar-refractivity contribution >= 4 is 5.91 Å². The minimum atomic E-state index is 0.104. The molecule has 1 amide bonds. The molecule has 0 saturated carbocycles. The van der Waals surface area contributed by atoms with Crippen molar-refractivity contribution in [3.05, 3.63) is 17.0 Å². The molecule has 0 aromatic carbocycles. The van der Waals surface area contributed by atoms with Crippen molar-refractivity contribution in [3.8, 4) is 0 Å². The Morgan fingerprint density at radius 1 is 1.27 bits per heavy atom. The van der Waals surface area contributed by atoms with Crippen molar-refractivity contribution in [2.24, 2.45) is 0 Å². The number of fused-ring (bicyclic) bond motifs is 1. The molecule has 122 valence electrons. The third-order valence-electron chi connectivity index (χ3n) is 5.04. The molecule has 1 saturated heterocycles. The summed E-state index contributed by atoms with van der Waals surface area (Å²) in [4.78, 5) is 19.4. The Bertz CT molecular complexity index is 539. The minimum absolute atomic E-state index is 0.104. The molecule has 0 aliphatic carbocycles. The van der Waals surface area contributed by atoms with Crippen molar-refractivity contribution in [1.82, 2.24) is 24.9 Å². The number of amides is 1. The van der Waals surface area contributed by atoms with Gasteiger partial charge in [0.1, 0.15) is 0 Å². The molecule has 0 spiro atoms. The van der Waals surface area contributed by atoms with Crippen LogP contribution < -0.4 is 0 Å². The number of likely N-dealkylation sites (tertiary alicyclic amines) is 1. The van der Waals surface area contributed by atoms with Crippen LogP contribution in [0.25, 0.3) is 0 Å². The summed E-state index contributed by atoms with van der Waals surface area (Å²) in [5.41, 5.74) is 2.89. The van der Waals surface area contributed by atoms with Crippen LogP contribution >= 0.6 is 0 Å². The second-order valence-electron chi connectivity index (χ2n) is 6.86. The average Bonchev–Trinajstić information content (AvgIpc) is 2.74. The molecule has 3 heterocycles. The van der Waals surface area contributed by atoms with Gasteiger partial charge in [-0.15, -0.1) is 0 Å². The molecule has 0 bridgehead atoms. The standard InChI is InChI=1S/C16H27N5O/c1-19(2)12-5-4-8-21(10-6-12)16(22)15-13-11-20(3)9-7-14(13)17-18-15/h12H,4-11H2,1-3H3,(H,17,18)/t12-/m1/s1. The fourth-order valence-electron chi connectivity index (χ4n) is 3.55. The highest BCUT2D eigenvalue weighted by atomic mass is 16.2. The first-order chi connectivity index (χ1) is 10.6. The van der Waals surface area contributed by atoms with E-state index in [-0.39, 0.29) is 5.91 Å². The lowest BCUT2D eigenvalue weighted by molar-refractivity contribution is 0.0750. The van der Waals surface area contributed by atoms with E-state index in [0.717, 1.165) is 63.1 Å². The number of rotatable bonds is 2. The fraction of sp³-hybridized carbons (Fsp3) is 0.750. The molecule has 1 aromatic rings. The lowest BCUT2D eigenvalue weighted by Crippen LogP contribution is -2.35. The van der Waals surface area contributed by atoms with Gasteiger partial charge in [-0.05, 0) is 40.4 Å². The van der Waals surface area contributed by atoms with Gasteiger partial charge < -0.3 is 14.7 Å². The summed E-state index contributed by atoms with van der Waals surface area (Å²) in [6.07, 6.45) is 4.24.